The van der Waals surface area contributed by atoms with Crippen LogP contribution in [0.3, 0.4) is 0 Å². The lowest BCUT2D eigenvalue weighted by molar-refractivity contribution is -0.184. The van der Waals surface area contributed by atoms with Gasteiger partial charge in [-0.1, -0.05) is 0 Å². The first-order chi connectivity index (χ1) is 11.8. The molecule has 1 N–H and O–H groups in total. The normalized spacial score (nSPS) is 37.7. The fourth-order valence-electron chi connectivity index (χ4n) is 4.67. The molecule has 3 atom stereocenters. The lowest BCUT2D eigenvalue weighted by Gasteiger charge is -2.43. The van der Waals surface area contributed by atoms with E-state index in [1.54, 1.807) is 0 Å². The predicted octanol–water partition coefficient (Wildman–Crippen LogP) is 1.83. The number of hydrogen-bond donors (Lipinski definition) is 1. The van der Waals surface area contributed by atoms with Crippen LogP contribution in [-0.2, 0) is 9.53 Å². The first-order valence-corrected chi connectivity index (χ1v) is 9.11. The second kappa shape index (κ2) is 7.40. The molecule has 0 aromatic heterocycles. The maximum atomic E-state index is 12.8. The Hall–Kier alpha value is -0.860. The molecular weight excluding hydrogens is 335 g/mol. The molecule has 25 heavy (non-hydrogen) atoms. The number of methoxy groups -OCH3 is 1. The second-order valence-electron chi connectivity index (χ2n) is 7.78. The highest BCUT2D eigenvalue weighted by molar-refractivity contribution is 5.76. The number of likely N-dealkylation sites (tertiary alicyclic amines) is 1. The zero-order chi connectivity index (χ0) is 18.2. The molecular formula is C17H28F3N3O2. The van der Waals surface area contributed by atoms with Gasteiger partial charge in [0, 0.05) is 31.8 Å². The van der Waals surface area contributed by atoms with Crippen molar-refractivity contribution in [3.05, 3.63) is 0 Å². The Labute approximate surface area is 146 Å². The van der Waals surface area contributed by atoms with Crippen molar-refractivity contribution in [2.75, 3.05) is 33.9 Å². The van der Waals surface area contributed by atoms with Crippen LogP contribution in [0.15, 0.2) is 0 Å². The Morgan fingerprint density at radius 3 is 2.52 bits per heavy atom. The lowest BCUT2D eigenvalue weighted by Crippen LogP contribution is -2.59. The van der Waals surface area contributed by atoms with Crippen LogP contribution in [0.5, 0.6) is 0 Å². The van der Waals surface area contributed by atoms with E-state index in [-0.39, 0.29) is 36.8 Å². The third-order valence-corrected chi connectivity index (χ3v) is 6.25. The molecule has 2 saturated heterocycles. The third-order valence-electron chi connectivity index (χ3n) is 6.25. The van der Waals surface area contributed by atoms with E-state index in [2.05, 4.69) is 22.2 Å². The molecule has 1 aliphatic carbocycles. The maximum Gasteiger partial charge on any atom is 0.391 e. The summed E-state index contributed by atoms with van der Waals surface area (Å²) in [5.41, 5.74) is 0. The van der Waals surface area contributed by atoms with Crippen LogP contribution in [0, 0.1) is 11.8 Å². The first-order valence-electron chi connectivity index (χ1n) is 9.11. The van der Waals surface area contributed by atoms with Crippen LogP contribution in [0.4, 0.5) is 13.2 Å². The average Bonchev–Trinajstić information content (AvgIpc) is 2.93. The van der Waals surface area contributed by atoms with Crippen LogP contribution >= 0.6 is 0 Å². The van der Waals surface area contributed by atoms with Crippen molar-refractivity contribution in [2.45, 2.75) is 56.4 Å². The van der Waals surface area contributed by atoms with Crippen molar-refractivity contribution < 1.29 is 22.7 Å². The first kappa shape index (κ1) is 18.9. The van der Waals surface area contributed by atoms with Gasteiger partial charge in [-0.15, -0.1) is 0 Å². The van der Waals surface area contributed by atoms with Gasteiger partial charge >= 0.3 is 12.1 Å². The number of nitrogens with one attached hydrogen (secondary N) is 1. The van der Waals surface area contributed by atoms with E-state index in [9.17, 15) is 18.0 Å². The number of esters is 1. The van der Waals surface area contributed by atoms with Gasteiger partial charge in [-0.25, -0.2) is 0 Å². The van der Waals surface area contributed by atoms with Gasteiger partial charge in [0.2, 0.25) is 0 Å². The van der Waals surface area contributed by atoms with Crippen molar-refractivity contribution in [3.63, 3.8) is 0 Å². The van der Waals surface area contributed by atoms with Crippen molar-refractivity contribution in [1.82, 2.24) is 15.1 Å². The van der Waals surface area contributed by atoms with Crippen LogP contribution < -0.4 is 5.32 Å². The molecule has 144 valence electrons. The monoisotopic (exact) mass is 363 g/mol. The number of halogens is 3. The zero-order valence-corrected chi connectivity index (χ0v) is 14.9. The molecule has 0 aromatic rings. The number of carbonyl (C=O) groups is 1. The third kappa shape index (κ3) is 4.11. The highest BCUT2D eigenvalue weighted by atomic mass is 19.4. The Morgan fingerprint density at radius 1 is 1.24 bits per heavy atom. The molecule has 3 fully saturated rings. The van der Waals surface area contributed by atoms with Crippen molar-refractivity contribution in [3.8, 4) is 0 Å². The molecule has 8 heteroatoms. The summed E-state index contributed by atoms with van der Waals surface area (Å²) in [6, 6.07) is 0.310. The SMILES string of the molecule is COC(=O)[C@@H]1CC2NCN(C)C2CN1CC1CCC(C(F)(F)F)CC1. The molecule has 0 radical (unpaired) electrons. The molecule has 5 nitrogen and oxygen atoms in total. The smallest absolute Gasteiger partial charge is 0.391 e. The summed E-state index contributed by atoms with van der Waals surface area (Å²) in [5.74, 6) is -1.17. The molecule has 2 heterocycles. The minimum atomic E-state index is -4.07. The molecule has 0 spiro atoms. The second-order valence-corrected chi connectivity index (χ2v) is 7.78. The fraction of sp³-hybridized carbons (Fsp3) is 0.941. The van der Waals surface area contributed by atoms with Crippen LogP contribution in [0.25, 0.3) is 0 Å². The van der Waals surface area contributed by atoms with Gasteiger partial charge in [0.1, 0.15) is 6.04 Å². The van der Waals surface area contributed by atoms with Crippen LogP contribution in [0.2, 0.25) is 0 Å². The van der Waals surface area contributed by atoms with E-state index in [0.717, 1.165) is 13.2 Å². The summed E-state index contributed by atoms with van der Waals surface area (Å²) in [7, 11) is 3.46. The number of fused-ring (bicyclic) bond motifs is 1. The number of alkyl halides is 3. The van der Waals surface area contributed by atoms with Gasteiger partial charge in [-0.3, -0.25) is 19.9 Å². The summed E-state index contributed by atoms with van der Waals surface area (Å²) in [5, 5.41) is 3.43. The van der Waals surface area contributed by atoms with Crippen LogP contribution in [0.1, 0.15) is 32.1 Å². The number of hydrogen-bond acceptors (Lipinski definition) is 5. The van der Waals surface area contributed by atoms with Crippen molar-refractivity contribution in [2.24, 2.45) is 11.8 Å². The molecule has 2 aliphatic heterocycles. The summed E-state index contributed by atoms with van der Waals surface area (Å²) >= 11 is 0. The fourth-order valence-corrected chi connectivity index (χ4v) is 4.67. The van der Waals surface area contributed by atoms with Gasteiger partial charge in [0.25, 0.3) is 0 Å². The van der Waals surface area contributed by atoms with Gasteiger partial charge in [0.15, 0.2) is 0 Å². The highest BCUT2D eigenvalue weighted by Gasteiger charge is 2.45. The predicted molar refractivity (Wildman–Crippen MR) is 86.8 cm³/mol. The number of ether oxygens (including phenoxy) is 1. The molecule has 3 rings (SSSR count). The molecule has 0 amide bonds. The van der Waals surface area contributed by atoms with Gasteiger partial charge in [0.05, 0.1) is 13.0 Å². The standard InChI is InChI=1S/C17H28F3N3O2/c1-22-10-21-13-7-14(16(24)25-2)23(9-15(13)22)8-11-3-5-12(6-4-11)17(18,19)20/h11-15,21H,3-10H2,1-2H3/t11?,12?,13?,14-,15?/m0/s1. The van der Waals surface area contributed by atoms with Crippen LogP contribution in [-0.4, -0.2) is 74.0 Å². The highest BCUT2D eigenvalue weighted by Crippen LogP contribution is 2.40. The van der Waals surface area contributed by atoms with Gasteiger partial charge < -0.3 is 4.74 Å². The van der Waals surface area contributed by atoms with E-state index >= 15 is 0 Å². The van der Waals surface area contributed by atoms with Gasteiger partial charge in [-0.2, -0.15) is 13.2 Å². The molecule has 0 bridgehead atoms. The van der Waals surface area contributed by atoms with E-state index in [0.29, 0.717) is 31.8 Å². The number of likely N-dealkylation sites (N-methyl/N-ethyl adjacent to an activating group) is 1. The molecule has 1 saturated carbocycles. The Kier molecular flexibility index (Phi) is 5.60. The van der Waals surface area contributed by atoms with Crippen molar-refractivity contribution in [1.29, 1.82) is 0 Å². The number of nitrogens with zero attached hydrogens (tertiary/aromatic N) is 2. The molecule has 3 aliphatic rings. The molecule has 2 unspecified atom stereocenters. The lowest BCUT2D eigenvalue weighted by atomic mass is 9.80. The Balaban J connectivity index is 1.61. The summed E-state index contributed by atoms with van der Waals surface area (Å²) in [6.07, 6.45) is -1.81. The van der Waals surface area contributed by atoms with E-state index < -0.39 is 12.1 Å². The van der Waals surface area contributed by atoms with Gasteiger partial charge in [-0.05, 0) is 45.1 Å². The van der Waals surface area contributed by atoms with E-state index in [1.165, 1.54) is 7.11 Å². The topological polar surface area (TPSA) is 44.8 Å². The van der Waals surface area contributed by atoms with E-state index in [4.69, 9.17) is 4.74 Å². The number of carbonyl (C=O) groups excluding carboxylic acids is 1. The summed E-state index contributed by atoms with van der Waals surface area (Å²) < 4.78 is 43.5. The van der Waals surface area contributed by atoms with Crippen molar-refractivity contribution >= 4 is 5.97 Å². The maximum absolute atomic E-state index is 12.8. The minimum Gasteiger partial charge on any atom is -0.468 e. The average molecular weight is 363 g/mol. The number of rotatable bonds is 3. The number of piperidine rings is 1. The molecule has 0 aromatic carbocycles. The summed E-state index contributed by atoms with van der Waals surface area (Å²) in [4.78, 5) is 16.6. The Bertz CT molecular complexity index is 480. The minimum absolute atomic E-state index is 0.207. The zero-order valence-electron chi connectivity index (χ0n) is 14.9. The van der Waals surface area contributed by atoms with E-state index in [1.807, 2.05) is 0 Å². The Morgan fingerprint density at radius 2 is 1.92 bits per heavy atom. The largest absolute Gasteiger partial charge is 0.468 e. The quantitative estimate of drug-likeness (QED) is 0.775. The summed E-state index contributed by atoms with van der Waals surface area (Å²) in [6.45, 7) is 2.24.